The van der Waals surface area contributed by atoms with Crippen molar-refractivity contribution >= 4 is 36.7 Å². The molecule has 2 unspecified atom stereocenters. The number of aliphatic carboxylic acids is 1. The highest BCUT2D eigenvalue weighted by Gasteiger charge is 2.54. The van der Waals surface area contributed by atoms with Gasteiger partial charge in [-0.15, -0.1) is 0 Å². The number of aliphatic hydroxyl groups is 2. The molecule has 2 aromatic heterocycles. The summed E-state index contributed by atoms with van der Waals surface area (Å²) in [5.74, 6) is -2.02. The number of nitrogens with zero attached hydrogens (tertiary/aromatic N) is 4. The van der Waals surface area contributed by atoms with E-state index in [0.29, 0.717) is 0 Å². The number of ether oxygens (including phenoxy) is 3. The number of carbonyl (C=O) groups is 2. The number of carbonyl (C=O) groups excluding carboxylic acids is 1. The van der Waals surface area contributed by atoms with E-state index in [2.05, 4.69) is 25.1 Å². The second-order valence-corrected chi connectivity index (χ2v) is 12.2. The highest BCUT2D eigenvalue weighted by atomic mass is 31.2. The van der Waals surface area contributed by atoms with Gasteiger partial charge in [0.1, 0.15) is 36.0 Å². The zero-order valence-electron chi connectivity index (χ0n) is 23.1. The van der Waals surface area contributed by atoms with E-state index >= 15 is 0 Å². The number of nitrogens with two attached hydrogens (primary N) is 1. The molecule has 2 aliphatic rings. The third-order valence-electron chi connectivity index (χ3n) is 7.06. The van der Waals surface area contributed by atoms with Crippen molar-refractivity contribution in [3.8, 4) is 5.88 Å². The average Bonchev–Trinajstić information content (AvgIpc) is 3.62. The second-order valence-electron chi connectivity index (χ2n) is 10.3. The van der Waals surface area contributed by atoms with Crippen molar-refractivity contribution in [2.45, 2.75) is 88.7 Å². The normalized spacial score (nSPS) is 27.9. The zero-order valence-corrected chi connectivity index (χ0v) is 24.0. The Labute approximate surface area is 235 Å². The maximum absolute atomic E-state index is 13.7. The molecule has 18 heteroatoms. The number of aromatic nitrogens is 4. The number of methoxy groups -OCH3 is 1. The molecule has 228 valence electrons. The van der Waals surface area contributed by atoms with Gasteiger partial charge in [0.05, 0.1) is 20.0 Å². The number of fused-ring (bicyclic) bond motifs is 1. The smallest absolute Gasteiger partial charge is 0.342 e. The Kier molecular flexibility index (Phi) is 9.18. The van der Waals surface area contributed by atoms with Gasteiger partial charge in [-0.2, -0.15) is 9.97 Å². The number of hydrogen-bond donors (Lipinski definition) is 6. The summed E-state index contributed by atoms with van der Waals surface area (Å²) >= 11 is 0. The number of rotatable bonds is 12. The van der Waals surface area contributed by atoms with Gasteiger partial charge in [0.25, 0.3) is 0 Å². The summed E-state index contributed by atoms with van der Waals surface area (Å²) < 4.78 is 37.2. The summed E-state index contributed by atoms with van der Waals surface area (Å²) in [6.07, 6.45) is 0.330. The average molecular weight is 602 g/mol. The summed E-state index contributed by atoms with van der Waals surface area (Å²) in [7, 11) is -2.89. The molecule has 0 aromatic carbocycles. The van der Waals surface area contributed by atoms with Crippen LogP contribution in [0.3, 0.4) is 0 Å². The van der Waals surface area contributed by atoms with Gasteiger partial charge in [0.15, 0.2) is 17.4 Å². The number of nitrogen functional groups attached to an aromatic ring is 1. The van der Waals surface area contributed by atoms with Gasteiger partial charge in [-0.05, 0) is 46.5 Å². The van der Waals surface area contributed by atoms with E-state index in [1.165, 1.54) is 38.8 Å². The number of hydrogen-bond acceptors (Lipinski definition) is 13. The number of nitrogens with one attached hydrogen (secondary N) is 2. The van der Waals surface area contributed by atoms with Crippen LogP contribution in [0.5, 0.6) is 5.88 Å². The Balaban J connectivity index is 1.51. The molecule has 0 bridgehead atoms. The van der Waals surface area contributed by atoms with Gasteiger partial charge >= 0.3 is 19.6 Å². The van der Waals surface area contributed by atoms with Crippen LogP contribution in [-0.4, -0.2) is 96.5 Å². The van der Waals surface area contributed by atoms with Crippen molar-refractivity contribution in [2.75, 3.05) is 19.5 Å². The van der Waals surface area contributed by atoms with E-state index < -0.39 is 62.3 Å². The Hall–Kier alpha value is -2.92. The fourth-order valence-corrected chi connectivity index (χ4v) is 6.60. The first-order valence-corrected chi connectivity index (χ1v) is 14.7. The molecule has 0 radical (unpaired) electrons. The lowest BCUT2D eigenvalue weighted by Crippen LogP contribution is -2.45. The van der Waals surface area contributed by atoms with Crippen molar-refractivity contribution in [3.05, 3.63) is 6.33 Å². The van der Waals surface area contributed by atoms with Crippen molar-refractivity contribution in [3.63, 3.8) is 0 Å². The van der Waals surface area contributed by atoms with Crippen molar-refractivity contribution in [1.82, 2.24) is 29.7 Å². The number of aliphatic hydroxyl groups excluding tert-OH is 1. The van der Waals surface area contributed by atoms with E-state index in [4.69, 9.17) is 24.5 Å². The molecular weight excluding hydrogens is 565 g/mol. The maximum atomic E-state index is 13.7. The highest BCUT2D eigenvalue weighted by Crippen LogP contribution is 2.44. The largest absolute Gasteiger partial charge is 0.480 e. The summed E-state index contributed by atoms with van der Waals surface area (Å²) in [4.78, 5) is 36.4. The van der Waals surface area contributed by atoms with Gasteiger partial charge < -0.3 is 39.8 Å². The third-order valence-corrected chi connectivity index (χ3v) is 9.03. The van der Waals surface area contributed by atoms with Crippen molar-refractivity contribution < 1.29 is 48.2 Å². The summed E-state index contributed by atoms with van der Waals surface area (Å²) in [5, 5.41) is 36.4. The molecule has 1 aliphatic heterocycles. The van der Waals surface area contributed by atoms with Crippen LogP contribution < -0.4 is 20.6 Å². The van der Waals surface area contributed by atoms with Crippen LogP contribution >= 0.6 is 7.67 Å². The molecule has 2 fully saturated rings. The van der Waals surface area contributed by atoms with Gasteiger partial charge in [-0.3, -0.25) is 18.7 Å². The molecule has 0 amide bonds. The van der Waals surface area contributed by atoms with E-state index in [0.717, 1.165) is 25.7 Å². The third kappa shape index (κ3) is 6.61. The topological polar surface area (TPSA) is 242 Å². The molecule has 17 nitrogen and oxygen atoms in total. The standard InChI is InChI=1S/C23H36N7O10P/c1-11(19(32)33)28-41(36,29-12(2)20(34)39-13-7-5-6-8-13)38-9-14-16(31)23(3,35)21(40-14)30-10-25-15-17(30)26-22(24)27-18(15)37-4/h10-14,16,21,31,35H,5-9H2,1-4H3,(H,32,33)(H2,24,26,27)(H2,28,29,36)/t11?,12-,14+,16+,21+,23+,41?/m0/s1. The molecule has 1 saturated carbocycles. The summed E-state index contributed by atoms with van der Waals surface area (Å²) in [5.41, 5.74) is 4.24. The predicted octanol–water partition coefficient (Wildman–Crippen LogP) is 0.0777. The minimum absolute atomic E-state index is 0.0931. The fraction of sp³-hybridized carbons (Fsp3) is 0.696. The van der Waals surface area contributed by atoms with Gasteiger partial charge in [-0.25, -0.2) is 15.2 Å². The lowest BCUT2D eigenvalue weighted by molar-refractivity contribution is -0.150. The van der Waals surface area contributed by atoms with E-state index in [-0.39, 0.29) is 29.1 Å². The number of carboxylic acids is 1. The minimum Gasteiger partial charge on any atom is -0.480 e. The molecule has 4 rings (SSSR count). The maximum Gasteiger partial charge on any atom is 0.342 e. The van der Waals surface area contributed by atoms with Gasteiger partial charge in [-0.1, -0.05) is 0 Å². The highest BCUT2D eigenvalue weighted by molar-refractivity contribution is 7.54. The second kappa shape index (κ2) is 12.1. The number of anilines is 1. The molecule has 41 heavy (non-hydrogen) atoms. The summed E-state index contributed by atoms with van der Waals surface area (Å²) in [6.45, 7) is 3.40. The van der Waals surface area contributed by atoms with Crippen LogP contribution in [0.25, 0.3) is 11.2 Å². The molecule has 2 aromatic rings. The quantitative estimate of drug-likeness (QED) is 0.139. The molecule has 7 atom stereocenters. The Morgan fingerprint density at radius 3 is 2.56 bits per heavy atom. The number of carboxylic acid groups (broad SMARTS) is 1. The first-order chi connectivity index (χ1) is 19.3. The molecular formula is C23H36N7O10P. The molecule has 1 aliphatic carbocycles. The van der Waals surface area contributed by atoms with Gasteiger partial charge in [0.2, 0.25) is 11.8 Å². The molecule has 0 spiro atoms. The number of imidazole rings is 1. The SMILES string of the molecule is COc1nc(N)nc2c1ncn2[C@@H]1O[C@H](COP(=O)(NC(C)C(=O)O)N[C@@H](C)C(=O)OC2CCCC2)[C@@H](O)[C@@]1(C)O. The number of esters is 1. The van der Waals surface area contributed by atoms with Gasteiger partial charge in [0, 0.05) is 0 Å². The van der Waals surface area contributed by atoms with Crippen LogP contribution in [0.2, 0.25) is 0 Å². The summed E-state index contributed by atoms with van der Waals surface area (Å²) in [6, 6.07) is -2.47. The fourth-order valence-electron chi connectivity index (χ4n) is 4.78. The Bertz CT molecular complexity index is 1320. The monoisotopic (exact) mass is 601 g/mol. The lowest BCUT2D eigenvalue weighted by Gasteiger charge is -2.28. The first-order valence-electron chi connectivity index (χ1n) is 13.1. The van der Waals surface area contributed by atoms with Crippen LogP contribution in [0.15, 0.2) is 6.33 Å². The predicted molar refractivity (Wildman–Crippen MR) is 142 cm³/mol. The zero-order chi connectivity index (χ0) is 30.1. The lowest BCUT2D eigenvalue weighted by atomic mass is 9.96. The van der Waals surface area contributed by atoms with Crippen LogP contribution in [0.1, 0.15) is 52.7 Å². The molecule has 3 heterocycles. The Morgan fingerprint density at radius 1 is 1.27 bits per heavy atom. The van der Waals surface area contributed by atoms with Crippen LogP contribution in [0.4, 0.5) is 5.95 Å². The molecule has 1 saturated heterocycles. The van der Waals surface area contributed by atoms with E-state index in [1.54, 1.807) is 0 Å². The first kappa shape index (κ1) is 31.0. The van der Waals surface area contributed by atoms with Crippen LogP contribution in [0, 0.1) is 0 Å². The van der Waals surface area contributed by atoms with Crippen LogP contribution in [-0.2, 0) is 28.2 Å². The van der Waals surface area contributed by atoms with E-state index in [9.17, 15) is 29.5 Å². The van der Waals surface area contributed by atoms with E-state index in [1.807, 2.05) is 0 Å². The molecule has 7 N–H and O–H groups in total. The van der Waals surface area contributed by atoms with Crippen molar-refractivity contribution in [2.24, 2.45) is 0 Å². The van der Waals surface area contributed by atoms with Crippen molar-refractivity contribution in [1.29, 1.82) is 0 Å². The Morgan fingerprint density at radius 2 is 1.93 bits per heavy atom. The minimum atomic E-state index is -4.27.